The molecule has 0 bridgehead atoms. The fourth-order valence-electron chi connectivity index (χ4n) is 1.84. The van der Waals surface area contributed by atoms with Gasteiger partial charge in [-0.3, -0.25) is 4.99 Å². The first-order chi connectivity index (χ1) is 11.3. The molecule has 9 heteroatoms. The summed E-state index contributed by atoms with van der Waals surface area (Å²) in [5.41, 5.74) is 0. The smallest absolute Gasteiger partial charge is 0.191 e. The molecule has 0 fully saturated rings. The summed E-state index contributed by atoms with van der Waals surface area (Å²) in [4.78, 5) is 14.5. The van der Waals surface area contributed by atoms with Gasteiger partial charge in [-0.05, 0) is 20.3 Å². The van der Waals surface area contributed by atoms with E-state index in [-0.39, 0.29) is 24.0 Å². The summed E-state index contributed by atoms with van der Waals surface area (Å²) in [5, 5.41) is 9.84. The molecule has 134 valence electrons. The maximum Gasteiger partial charge on any atom is 0.191 e. The molecule has 5 nitrogen and oxygen atoms in total. The first-order valence-electron chi connectivity index (χ1n) is 7.73. The van der Waals surface area contributed by atoms with E-state index in [1.165, 1.54) is 9.88 Å². The highest BCUT2D eigenvalue weighted by atomic mass is 127. The lowest BCUT2D eigenvalue weighted by atomic mass is 10.4. The molecule has 0 radical (unpaired) electrons. The van der Waals surface area contributed by atoms with Crippen molar-refractivity contribution < 1.29 is 0 Å². The molecule has 0 atom stereocenters. The number of aliphatic imine (C=N–C) groups is 1. The molecule has 2 aromatic rings. The van der Waals surface area contributed by atoms with Gasteiger partial charge in [0.2, 0.25) is 0 Å². The standard InChI is InChI=1S/C15H23N5S3.HI/c1-3-16-14(18-7-5-13-20-11-12(2)23-13)17-6-4-9-21-15-19-8-10-22-15;/h8,10-11H,3-7,9H2,1-2H3,(H2,16,17,18);1H. The molecule has 0 aliphatic carbocycles. The van der Waals surface area contributed by atoms with Crippen molar-refractivity contribution in [3.8, 4) is 0 Å². The van der Waals surface area contributed by atoms with Gasteiger partial charge in [0, 0.05) is 54.5 Å². The van der Waals surface area contributed by atoms with Gasteiger partial charge in [-0.15, -0.1) is 46.7 Å². The van der Waals surface area contributed by atoms with Crippen molar-refractivity contribution in [2.24, 2.45) is 4.99 Å². The van der Waals surface area contributed by atoms with Crippen molar-refractivity contribution in [2.75, 3.05) is 25.4 Å². The molecule has 2 heterocycles. The van der Waals surface area contributed by atoms with E-state index in [1.807, 2.05) is 17.8 Å². The molecule has 0 unspecified atom stereocenters. The predicted octanol–water partition coefficient (Wildman–Crippen LogP) is 3.81. The van der Waals surface area contributed by atoms with Crippen LogP contribution in [0.3, 0.4) is 0 Å². The highest BCUT2D eigenvalue weighted by Crippen LogP contribution is 2.20. The molecule has 0 aliphatic rings. The molecule has 0 amide bonds. The van der Waals surface area contributed by atoms with E-state index >= 15 is 0 Å². The molecule has 0 aliphatic heterocycles. The van der Waals surface area contributed by atoms with E-state index in [1.54, 1.807) is 34.4 Å². The van der Waals surface area contributed by atoms with Gasteiger partial charge in [0.05, 0.1) is 5.01 Å². The van der Waals surface area contributed by atoms with Crippen LogP contribution in [0.2, 0.25) is 0 Å². The van der Waals surface area contributed by atoms with Crippen LogP contribution in [0.25, 0.3) is 0 Å². The van der Waals surface area contributed by atoms with Gasteiger partial charge in [0.25, 0.3) is 0 Å². The fourth-order valence-corrected chi connectivity index (χ4v) is 4.26. The molecular formula is C15H24IN5S3. The van der Waals surface area contributed by atoms with Gasteiger partial charge in [0.1, 0.15) is 4.34 Å². The van der Waals surface area contributed by atoms with Crippen LogP contribution in [-0.4, -0.2) is 41.3 Å². The average Bonchev–Trinajstić information content (AvgIpc) is 3.19. The van der Waals surface area contributed by atoms with Crippen LogP contribution in [0.15, 0.2) is 27.1 Å². The molecule has 24 heavy (non-hydrogen) atoms. The van der Waals surface area contributed by atoms with Gasteiger partial charge >= 0.3 is 0 Å². The Morgan fingerprint density at radius 2 is 2.21 bits per heavy atom. The predicted molar refractivity (Wildman–Crippen MR) is 117 cm³/mol. The van der Waals surface area contributed by atoms with E-state index < -0.39 is 0 Å². The minimum absolute atomic E-state index is 0. The van der Waals surface area contributed by atoms with E-state index in [0.29, 0.717) is 0 Å². The molecule has 0 aromatic carbocycles. The maximum absolute atomic E-state index is 4.62. The Morgan fingerprint density at radius 3 is 2.88 bits per heavy atom. The number of thioether (sulfide) groups is 1. The van der Waals surface area contributed by atoms with Crippen molar-refractivity contribution in [1.82, 2.24) is 20.6 Å². The number of halogens is 1. The van der Waals surface area contributed by atoms with Crippen molar-refractivity contribution in [3.63, 3.8) is 0 Å². The number of rotatable bonds is 9. The van der Waals surface area contributed by atoms with E-state index in [0.717, 1.165) is 48.5 Å². The normalized spacial score (nSPS) is 11.2. The summed E-state index contributed by atoms with van der Waals surface area (Å²) in [7, 11) is 0. The number of hydrogen-bond donors (Lipinski definition) is 2. The number of hydrogen-bond acceptors (Lipinski definition) is 6. The summed E-state index contributed by atoms with van der Waals surface area (Å²) in [6.45, 7) is 6.72. The summed E-state index contributed by atoms with van der Waals surface area (Å²) >= 11 is 5.25. The second-order valence-electron chi connectivity index (χ2n) is 4.80. The quantitative estimate of drug-likeness (QED) is 0.182. The number of nitrogens with zero attached hydrogens (tertiary/aromatic N) is 3. The van der Waals surface area contributed by atoms with Crippen LogP contribution in [0.4, 0.5) is 0 Å². The summed E-state index contributed by atoms with van der Waals surface area (Å²) in [6, 6.07) is 0. The molecular weight excluding hydrogens is 473 g/mol. The molecule has 0 saturated heterocycles. The Labute approximate surface area is 173 Å². The Hall–Kier alpha value is -0.390. The van der Waals surface area contributed by atoms with E-state index in [9.17, 15) is 0 Å². The zero-order valence-corrected chi connectivity index (χ0v) is 18.7. The minimum atomic E-state index is 0. The first-order valence-corrected chi connectivity index (χ1v) is 10.4. The van der Waals surface area contributed by atoms with Crippen LogP contribution >= 0.6 is 58.4 Å². The van der Waals surface area contributed by atoms with Gasteiger partial charge in [0.15, 0.2) is 5.96 Å². The largest absolute Gasteiger partial charge is 0.357 e. The number of guanidine groups is 1. The Balaban J connectivity index is 0.00000288. The van der Waals surface area contributed by atoms with Crippen LogP contribution < -0.4 is 10.6 Å². The lowest BCUT2D eigenvalue weighted by Gasteiger charge is -2.10. The second kappa shape index (κ2) is 12.9. The van der Waals surface area contributed by atoms with E-state index in [2.05, 4.69) is 39.4 Å². The maximum atomic E-state index is 4.62. The van der Waals surface area contributed by atoms with Crippen LogP contribution in [0.1, 0.15) is 23.2 Å². The SMILES string of the molecule is CCNC(=NCCCSc1nccs1)NCCc1ncc(C)s1.I. The van der Waals surface area contributed by atoms with Crippen LogP contribution in [-0.2, 0) is 6.42 Å². The third-order valence-corrected chi connectivity index (χ3v) is 5.88. The molecule has 2 N–H and O–H groups in total. The third kappa shape index (κ3) is 8.63. The van der Waals surface area contributed by atoms with Gasteiger partial charge in [-0.25, -0.2) is 9.97 Å². The Bertz CT molecular complexity index is 586. The van der Waals surface area contributed by atoms with Crippen molar-refractivity contribution >= 4 is 64.4 Å². The molecule has 2 aromatic heterocycles. The van der Waals surface area contributed by atoms with Crippen LogP contribution in [0, 0.1) is 6.92 Å². The van der Waals surface area contributed by atoms with Crippen molar-refractivity contribution in [2.45, 2.75) is 31.0 Å². The van der Waals surface area contributed by atoms with Crippen molar-refractivity contribution in [3.05, 3.63) is 27.7 Å². The lowest BCUT2D eigenvalue weighted by molar-refractivity contribution is 0.792. The molecule has 0 saturated carbocycles. The topological polar surface area (TPSA) is 62.2 Å². The lowest BCUT2D eigenvalue weighted by Crippen LogP contribution is -2.38. The third-order valence-electron chi connectivity index (χ3n) is 2.85. The molecule has 2 rings (SSSR count). The number of aromatic nitrogens is 2. The Morgan fingerprint density at radius 1 is 1.33 bits per heavy atom. The van der Waals surface area contributed by atoms with Gasteiger partial charge in [-0.2, -0.15) is 0 Å². The molecule has 0 spiro atoms. The monoisotopic (exact) mass is 497 g/mol. The highest BCUT2D eigenvalue weighted by Gasteiger charge is 2.01. The first kappa shape index (κ1) is 21.7. The summed E-state index contributed by atoms with van der Waals surface area (Å²) in [5.74, 6) is 1.94. The average molecular weight is 497 g/mol. The number of thiazole rings is 2. The minimum Gasteiger partial charge on any atom is -0.357 e. The van der Waals surface area contributed by atoms with Gasteiger partial charge in [-0.1, -0.05) is 11.8 Å². The number of aryl methyl sites for hydroxylation is 1. The highest BCUT2D eigenvalue weighted by molar-refractivity contribution is 14.0. The Kier molecular flexibility index (Phi) is 11.6. The zero-order chi connectivity index (χ0) is 16.3. The number of nitrogens with one attached hydrogen (secondary N) is 2. The fraction of sp³-hybridized carbons (Fsp3) is 0.533. The van der Waals surface area contributed by atoms with Gasteiger partial charge < -0.3 is 10.6 Å². The van der Waals surface area contributed by atoms with E-state index in [4.69, 9.17) is 0 Å². The second-order valence-corrected chi connectivity index (χ2v) is 8.36. The zero-order valence-electron chi connectivity index (χ0n) is 13.9. The van der Waals surface area contributed by atoms with Crippen LogP contribution in [0.5, 0.6) is 0 Å². The summed E-state index contributed by atoms with van der Waals surface area (Å²) in [6.07, 6.45) is 5.76. The van der Waals surface area contributed by atoms with Crippen molar-refractivity contribution in [1.29, 1.82) is 0 Å². The summed E-state index contributed by atoms with van der Waals surface area (Å²) < 4.78 is 1.14.